The average molecular weight is 171 g/mol. The fraction of sp³-hybridized carbons (Fsp3) is 1.00. The minimum absolute atomic E-state index is 0.00439. The molecule has 1 saturated carbocycles. The summed E-state index contributed by atoms with van der Waals surface area (Å²) < 4.78 is 0. The molecule has 0 spiro atoms. The van der Waals surface area contributed by atoms with E-state index in [1.807, 2.05) is 0 Å². The number of hydrogen-bond donors (Lipinski definition) is 1. The van der Waals surface area contributed by atoms with Crippen LogP contribution in [-0.2, 0) is 0 Å². The van der Waals surface area contributed by atoms with Crippen LogP contribution in [0.2, 0.25) is 0 Å². The topological polar surface area (TPSA) is 23.5 Å². The first kappa shape index (κ1) is 10.0. The van der Waals surface area contributed by atoms with Crippen molar-refractivity contribution in [1.29, 1.82) is 0 Å². The fourth-order valence-electron chi connectivity index (χ4n) is 1.90. The van der Waals surface area contributed by atoms with E-state index in [-0.39, 0.29) is 6.10 Å². The first-order valence-corrected chi connectivity index (χ1v) is 5.10. The van der Waals surface area contributed by atoms with Crippen LogP contribution < -0.4 is 0 Å². The van der Waals surface area contributed by atoms with Crippen molar-refractivity contribution >= 4 is 0 Å². The Labute approximate surface area is 75.6 Å². The highest BCUT2D eigenvalue weighted by atomic mass is 16.3. The Bertz CT molecular complexity index is 127. The van der Waals surface area contributed by atoms with Crippen LogP contribution in [0, 0.1) is 5.92 Å². The molecule has 1 rings (SSSR count). The summed E-state index contributed by atoms with van der Waals surface area (Å²) in [5, 5.41) is 9.56. The first-order valence-electron chi connectivity index (χ1n) is 5.10. The van der Waals surface area contributed by atoms with Gasteiger partial charge in [-0.3, -0.25) is 0 Å². The fourth-order valence-corrected chi connectivity index (χ4v) is 1.90. The summed E-state index contributed by atoms with van der Waals surface area (Å²) in [5.41, 5.74) is 0. The average Bonchev–Trinajstić information content (AvgIpc) is 2.47. The van der Waals surface area contributed by atoms with Crippen molar-refractivity contribution < 1.29 is 5.11 Å². The van der Waals surface area contributed by atoms with Gasteiger partial charge in [0.25, 0.3) is 0 Å². The molecule has 0 amide bonds. The molecular weight excluding hydrogens is 150 g/mol. The van der Waals surface area contributed by atoms with Gasteiger partial charge in [0.05, 0.1) is 6.10 Å². The normalized spacial score (nSPS) is 30.0. The molecule has 0 saturated heterocycles. The molecule has 2 atom stereocenters. The van der Waals surface area contributed by atoms with Crippen molar-refractivity contribution in [2.24, 2.45) is 5.92 Å². The van der Waals surface area contributed by atoms with Crippen LogP contribution in [0.25, 0.3) is 0 Å². The van der Waals surface area contributed by atoms with Crippen LogP contribution in [-0.4, -0.2) is 36.2 Å². The molecule has 0 aliphatic heterocycles. The molecule has 0 aromatic rings. The lowest BCUT2D eigenvalue weighted by molar-refractivity contribution is 0.121. The summed E-state index contributed by atoms with van der Waals surface area (Å²) in [5.74, 6) is 0.582. The zero-order valence-electron chi connectivity index (χ0n) is 8.29. The highest BCUT2D eigenvalue weighted by Gasteiger charge is 2.24. The standard InChI is InChI=1S/C10H21NO/c1-3-11(2)8-7-9-5-4-6-10(9)12/h9-10,12H,3-8H2,1-2H3. The molecule has 1 N–H and O–H groups in total. The predicted molar refractivity (Wildman–Crippen MR) is 51.1 cm³/mol. The molecule has 1 aliphatic carbocycles. The van der Waals surface area contributed by atoms with Crippen LogP contribution in [0.4, 0.5) is 0 Å². The quantitative estimate of drug-likeness (QED) is 0.692. The Balaban J connectivity index is 2.13. The predicted octanol–water partition coefficient (Wildman–Crippen LogP) is 1.49. The van der Waals surface area contributed by atoms with E-state index in [4.69, 9.17) is 0 Å². The minimum Gasteiger partial charge on any atom is -0.393 e. The molecule has 2 nitrogen and oxygen atoms in total. The molecule has 0 radical (unpaired) electrons. The van der Waals surface area contributed by atoms with Gasteiger partial charge in [0.15, 0.2) is 0 Å². The number of nitrogens with zero attached hydrogens (tertiary/aromatic N) is 1. The maximum atomic E-state index is 9.56. The van der Waals surface area contributed by atoms with E-state index >= 15 is 0 Å². The van der Waals surface area contributed by atoms with Gasteiger partial charge in [0.2, 0.25) is 0 Å². The Morgan fingerprint density at radius 3 is 2.67 bits per heavy atom. The van der Waals surface area contributed by atoms with E-state index in [9.17, 15) is 5.11 Å². The van der Waals surface area contributed by atoms with Crippen molar-refractivity contribution in [1.82, 2.24) is 4.90 Å². The Morgan fingerprint density at radius 2 is 2.17 bits per heavy atom. The Morgan fingerprint density at radius 1 is 1.42 bits per heavy atom. The molecule has 0 bridgehead atoms. The van der Waals surface area contributed by atoms with Crippen LogP contribution in [0.1, 0.15) is 32.6 Å². The van der Waals surface area contributed by atoms with E-state index in [1.54, 1.807) is 0 Å². The maximum absolute atomic E-state index is 9.56. The van der Waals surface area contributed by atoms with Gasteiger partial charge < -0.3 is 10.0 Å². The zero-order valence-corrected chi connectivity index (χ0v) is 8.29. The monoisotopic (exact) mass is 171 g/mol. The summed E-state index contributed by atoms with van der Waals surface area (Å²) in [6.45, 7) is 4.42. The van der Waals surface area contributed by atoms with Gasteiger partial charge in [0, 0.05) is 0 Å². The van der Waals surface area contributed by atoms with Crippen molar-refractivity contribution in [3.8, 4) is 0 Å². The van der Waals surface area contributed by atoms with Crippen LogP contribution in [0.15, 0.2) is 0 Å². The van der Waals surface area contributed by atoms with Crippen LogP contribution >= 0.6 is 0 Å². The lowest BCUT2D eigenvalue weighted by atomic mass is 10.0. The number of hydrogen-bond acceptors (Lipinski definition) is 2. The van der Waals surface area contributed by atoms with E-state index < -0.39 is 0 Å². The highest BCUT2D eigenvalue weighted by Crippen LogP contribution is 2.28. The van der Waals surface area contributed by atoms with Crippen LogP contribution in [0.5, 0.6) is 0 Å². The summed E-state index contributed by atoms with van der Waals surface area (Å²) in [6.07, 6.45) is 4.65. The van der Waals surface area contributed by atoms with E-state index in [2.05, 4.69) is 18.9 Å². The molecular formula is C10H21NO. The van der Waals surface area contributed by atoms with E-state index in [1.165, 1.54) is 19.3 Å². The van der Waals surface area contributed by atoms with Gasteiger partial charge in [-0.05, 0) is 45.3 Å². The van der Waals surface area contributed by atoms with Crippen LogP contribution in [0.3, 0.4) is 0 Å². The number of rotatable bonds is 4. The third kappa shape index (κ3) is 2.76. The summed E-state index contributed by atoms with van der Waals surface area (Å²) in [6, 6.07) is 0. The second-order valence-electron chi connectivity index (χ2n) is 3.94. The molecule has 12 heavy (non-hydrogen) atoms. The number of aliphatic hydroxyl groups is 1. The Kier molecular flexibility index (Phi) is 4.02. The van der Waals surface area contributed by atoms with Gasteiger partial charge in [-0.15, -0.1) is 0 Å². The van der Waals surface area contributed by atoms with Crippen molar-refractivity contribution in [2.45, 2.75) is 38.7 Å². The Hall–Kier alpha value is -0.0800. The van der Waals surface area contributed by atoms with E-state index in [0.29, 0.717) is 5.92 Å². The van der Waals surface area contributed by atoms with E-state index in [0.717, 1.165) is 19.5 Å². The minimum atomic E-state index is -0.00439. The second kappa shape index (κ2) is 4.83. The molecule has 0 aromatic heterocycles. The zero-order chi connectivity index (χ0) is 8.97. The SMILES string of the molecule is CCN(C)CCC1CCCC1O. The molecule has 1 aliphatic rings. The third-order valence-electron chi connectivity index (χ3n) is 3.04. The molecule has 1 fully saturated rings. The van der Waals surface area contributed by atoms with Gasteiger partial charge in [-0.1, -0.05) is 13.3 Å². The van der Waals surface area contributed by atoms with Gasteiger partial charge in [-0.2, -0.15) is 0 Å². The summed E-state index contributed by atoms with van der Waals surface area (Å²) in [4.78, 5) is 2.31. The summed E-state index contributed by atoms with van der Waals surface area (Å²) >= 11 is 0. The van der Waals surface area contributed by atoms with Crippen molar-refractivity contribution in [3.05, 3.63) is 0 Å². The first-order chi connectivity index (χ1) is 5.74. The van der Waals surface area contributed by atoms with Gasteiger partial charge in [-0.25, -0.2) is 0 Å². The van der Waals surface area contributed by atoms with Gasteiger partial charge in [0.1, 0.15) is 0 Å². The molecule has 2 unspecified atom stereocenters. The second-order valence-corrected chi connectivity index (χ2v) is 3.94. The maximum Gasteiger partial charge on any atom is 0.0568 e. The molecule has 0 aromatic carbocycles. The van der Waals surface area contributed by atoms with Crippen molar-refractivity contribution in [2.75, 3.05) is 20.1 Å². The van der Waals surface area contributed by atoms with Gasteiger partial charge >= 0.3 is 0 Å². The number of aliphatic hydroxyl groups excluding tert-OH is 1. The highest BCUT2D eigenvalue weighted by molar-refractivity contribution is 4.76. The lowest BCUT2D eigenvalue weighted by Gasteiger charge is -2.19. The lowest BCUT2D eigenvalue weighted by Crippen LogP contribution is -2.23. The summed E-state index contributed by atoms with van der Waals surface area (Å²) in [7, 11) is 2.14. The third-order valence-corrected chi connectivity index (χ3v) is 3.04. The smallest absolute Gasteiger partial charge is 0.0568 e. The molecule has 0 heterocycles. The molecule has 2 heteroatoms. The van der Waals surface area contributed by atoms with Crippen molar-refractivity contribution in [3.63, 3.8) is 0 Å². The largest absolute Gasteiger partial charge is 0.393 e. The molecule has 72 valence electrons.